The lowest BCUT2D eigenvalue weighted by Crippen LogP contribution is -1.94. The smallest absolute Gasteiger partial charge is 0.203 e. The van der Waals surface area contributed by atoms with Gasteiger partial charge in [-0.25, -0.2) is 4.98 Å². The van der Waals surface area contributed by atoms with E-state index in [1.165, 1.54) is 16.9 Å². The Bertz CT molecular complexity index is 1120. The average Bonchev–Trinajstić information content (AvgIpc) is 3.25. The van der Waals surface area contributed by atoms with Gasteiger partial charge in [-0.3, -0.25) is 5.43 Å². The SMILES string of the molecule is CC(C)c1ccc(Oc2ccccc2C=NNc2nc(-c3ccccc3)cs2)cc1. The van der Waals surface area contributed by atoms with E-state index in [0.717, 1.165) is 33.5 Å². The standard InChI is InChI=1S/C25H23N3OS/c1-18(2)19-12-14-22(15-13-19)29-24-11-7-6-10-21(24)16-26-28-25-27-23(17-30-25)20-8-4-3-5-9-20/h3-18H,1-2H3,(H,27,28). The molecule has 3 aromatic carbocycles. The summed E-state index contributed by atoms with van der Waals surface area (Å²) in [7, 11) is 0. The van der Waals surface area contributed by atoms with E-state index in [0.29, 0.717) is 5.92 Å². The molecular formula is C25H23N3OS. The molecule has 4 aromatic rings. The Morgan fingerprint density at radius 3 is 2.43 bits per heavy atom. The average molecular weight is 414 g/mol. The van der Waals surface area contributed by atoms with Crippen molar-refractivity contribution in [2.75, 3.05) is 5.43 Å². The van der Waals surface area contributed by atoms with Gasteiger partial charge in [-0.2, -0.15) is 5.10 Å². The van der Waals surface area contributed by atoms with Crippen LogP contribution >= 0.6 is 11.3 Å². The summed E-state index contributed by atoms with van der Waals surface area (Å²) in [5, 5.41) is 7.11. The third-order valence-corrected chi connectivity index (χ3v) is 5.38. The highest BCUT2D eigenvalue weighted by molar-refractivity contribution is 7.14. The van der Waals surface area contributed by atoms with Gasteiger partial charge in [-0.1, -0.05) is 68.4 Å². The van der Waals surface area contributed by atoms with Crippen LogP contribution in [0.15, 0.2) is 89.3 Å². The maximum absolute atomic E-state index is 6.08. The van der Waals surface area contributed by atoms with Crippen LogP contribution in [0.4, 0.5) is 5.13 Å². The van der Waals surface area contributed by atoms with Crippen molar-refractivity contribution in [2.24, 2.45) is 5.10 Å². The molecule has 0 saturated carbocycles. The fraction of sp³-hybridized carbons (Fsp3) is 0.120. The third kappa shape index (κ3) is 4.93. The van der Waals surface area contributed by atoms with Crippen LogP contribution < -0.4 is 10.2 Å². The van der Waals surface area contributed by atoms with Crippen molar-refractivity contribution in [1.29, 1.82) is 0 Å². The van der Waals surface area contributed by atoms with E-state index in [9.17, 15) is 0 Å². The summed E-state index contributed by atoms with van der Waals surface area (Å²) in [6, 6.07) is 26.1. The predicted octanol–water partition coefficient (Wildman–Crippen LogP) is 7.17. The monoisotopic (exact) mass is 413 g/mol. The summed E-state index contributed by atoms with van der Waals surface area (Å²) >= 11 is 1.52. The van der Waals surface area contributed by atoms with Gasteiger partial charge in [0.2, 0.25) is 5.13 Å². The zero-order chi connectivity index (χ0) is 20.8. The number of aromatic nitrogens is 1. The molecule has 0 unspecified atom stereocenters. The van der Waals surface area contributed by atoms with Crippen molar-refractivity contribution in [1.82, 2.24) is 4.98 Å². The number of anilines is 1. The van der Waals surface area contributed by atoms with Crippen LogP contribution in [-0.4, -0.2) is 11.2 Å². The Morgan fingerprint density at radius 1 is 0.933 bits per heavy atom. The van der Waals surface area contributed by atoms with E-state index in [1.54, 1.807) is 6.21 Å². The maximum atomic E-state index is 6.08. The normalized spacial score (nSPS) is 11.2. The topological polar surface area (TPSA) is 46.5 Å². The Balaban J connectivity index is 1.44. The fourth-order valence-electron chi connectivity index (χ4n) is 2.95. The Morgan fingerprint density at radius 2 is 1.67 bits per heavy atom. The number of nitrogens with zero attached hydrogens (tertiary/aromatic N) is 2. The molecule has 4 nitrogen and oxygen atoms in total. The molecule has 0 atom stereocenters. The second-order valence-electron chi connectivity index (χ2n) is 7.14. The highest BCUT2D eigenvalue weighted by atomic mass is 32.1. The molecular weight excluding hydrogens is 390 g/mol. The number of rotatable bonds is 7. The lowest BCUT2D eigenvalue weighted by molar-refractivity contribution is 0.481. The lowest BCUT2D eigenvalue weighted by atomic mass is 10.0. The molecule has 5 heteroatoms. The van der Waals surface area contributed by atoms with Crippen LogP contribution in [0.1, 0.15) is 30.9 Å². The van der Waals surface area contributed by atoms with Crippen LogP contribution in [0.5, 0.6) is 11.5 Å². The van der Waals surface area contributed by atoms with Crippen molar-refractivity contribution < 1.29 is 4.74 Å². The van der Waals surface area contributed by atoms with E-state index in [4.69, 9.17) is 4.74 Å². The first-order chi connectivity index (χ1) is 14.7. The first-order valence-electron chi connectivity index (χ1n) is 9.86. The van der Waals surface area contributed by atoms with Gasteiger partial charge in [-0.05, 0) is 35.7 Å². The van der Waals surface area contributed by atoms with E-state index < -0.39 is 0 Å². The fourth-order valence-corrected chi connectivity index (χ4v) is 3.62. The van der Waals surface area contributed by atoms with Gasteiger partial charge < -0.3 is 4.74 Å². The molecule has 1 N–H and O–H groups in total. The van der Waals surface area contributed by atoms with Crippen LogP contribution in [0.3, 0.4) is 0 Å². The van der Waals surface area contributed by atoms with E-state index >= 15 is 0 Å². The molecule has 0 fully saturated rings. The summed E-state index contributed by atoms with van der Waals surface area (Å²) in [4.78, 5) is 4.59. The highest BCUT2D eigenvalue weighted by Gasteiger charge is 2.05. The second-order valence-corrected chi connectivity index (χ2v) is 8.00. The summed E-state index contributed by atoms with van der Waals surface area (Å²) < 4.78 is 6.08. The van der Waals surface area contributed by atoms with Gasteiger partial charge in [0.05, 0.1) is 11.9 Å². The number of nitrogens with one attached hydrogen (secondary N) is 1. The van der Waals surface area contributed by atoms with Crippen LogP contribution in [0.2, 0.25) is 0 Å². The van der Waals surface area contributed by atoms with Crippen LogP contribution in [0.25, 0.3) is 11.3 Å². The summed E-state index contributed by atoms with van der Waals surface area (Å²) in [6.45, 7) is 4.36. The van der Waals surface area contributed by atoms with Crippen molar-refractivity contribution in [3.63, 3.8) is 0 Å². The van der Waals surface area contributed by atoms with E-state index in [-0.39, 0.29) is 0 Å². The number of hydrogen-bond donors (Lipinski definition) is 1. The second kappa shape index (κ2) is 9.37. The zero-order valence-electron chi connectivity index (χ0n) is 16.9. The van der Waals surface area contributed by atoms with Crippen molar-refractivity contribution in [3.8, 4) is 22.8 Å². The van der Waals surface area contributed by atoms with Gasteiger partial charge >= 0.3 is 0 Å². The molecule has 4 rings (SSSR count). The van der Waals surface area contributed by atoms with Crippen molar-refractivity contribution in [3.05, 3.63) is 95.4 Å². The number of hydrazone groups is 1. The third-order valence-electron chi connectivity index (χ3n) is 4.63. The summed E-state index contributed by atoms with van der Waals surface area (Å²) in [5.74, 6) is 2.06. The molecule has 1 heterocycles. The lowest BCUT2D eigenvalue weighted by Gasteiger charge is -2.10. The molecule has 0 aliphatic heterocycles. The Kier molecular flexibility index (Phi) is 6.20. The first-order valence-corrected chi connectivity index (χ1v) is 10.7. The maximum Gasteiger partial charge on any atom is 0.203 e. The molecule has 0 amide bonds. The van der Waals surface area contributed by atoms with Crippen LogP contribution in [0, 0.1) is 0 Å². The molecule has 0 saturated heterocycles. The van der Waals surface area contributed by atoms with E-state index in [1.807, 2.05) is 72.1 Å². The largest absolute Gasteiger partial charge is 0.457 e. The van der Waals surface area contributed by atoms with Gasteiger partial charge in [0, 0.05) is 16.5 Å². The number of para-hydroxylation sites is 1. The van der Waals surface area contributed by atoms with Crippen molar-refractivity contribution >= 4 is 22.7 Å². The van der Waals surface area contributed by atoms with Gasteiger partial charge in [0.25, 0.3) is 0 Å². The minimum atomic E-state index is 0.498. The van der Waals surface area contributed by atoms with E-state index in [2.05, 4.69) is 41.5 Å². The minimum Gasteiger partial charge on any atom is -0.457 e. The zero-order valence-corrected chi connectivity index (χ0v) is 17.8. The quantitative estimate of drug-likeness (QED) is 0.258. The molecule has 1 aromatic heterocycles. The number of benzene rings is 3. The predicted molar refractivity (Wildman–Crippen MR) is 126 cm³/mol. The van der Waals surface area contributed by atoms with Crippen molar-refractivity contribution in [2.45, 2.75) is 19.8 Å². The Labute approximate surface area is 180 Å². The molecule has 0 radical (unpaired) electrons. The first kappa shape index (κ1) is 19.9. The molecule has 30 heavy (non-hydrogen) atoms. The summed E-state index contributed by atoms with van der Waals surface area (Å²) in [6.07, 6.45) is 1.75. The number of hydrogen-bond acceptors (Lipinski definition) is 5. The summed E-state index contributed by atoms with van der Waals surface area (Å²) in [5.41, 5.74) is 7.22. The molecule has 0 bridgehead atoms. The van der Waals surface area contributed by atoms with Gasteiger partial charge in [-0.15, -0.1) is 11.3 Å². The number of thiazole rings is 1. The Hall–Kier alpha value is -3.44. The van der Waals surface area contributed by atoms with Gasteiger partial charge in [0.15, 0.2) is 0 Å². The molecule has 0 spiro atoms. The highest BCUT2D eigenvalue weighted by Crippen LogP contribution is 2.27. The van der Waals surface area contributed by atoms with Gasteiger partial charge in [0.1, 0.15) is 11.5 Å². The molecule has 0 aliphatic carbocycles. The van der Waals surface area contributed by atoms with Crippen LogP contribution in [-0.2, 0) is 0 Å². The molecule has 0 aliphatic rings. The minimum absolute atomic E-state index is 0.498. The molecule has 150 valence electrons. The number of ether oxygens (including phenoxy) is 1.